The van der Waals surface area contributed by atoms with Crippen LogP contribution in [0, 0.1) is 40.9 Å². The lowest BCUT2D eigenvalue weighted by Gasteiger charge is -2.19. The minimum atomic E-state index is 0.366. The number of rotatable bonds is 6. The number of hydrogen-bond donors (Lipinski definition) is 0. The van der Waals surface area contributed by atoms with Gasteiger partial charge in [0.2, 0.25) is 0 Å². The Morgan fingerprint density at radius 3 is 1.58 bits per heavy atom. The monoisotopic (exact) mass is 662 g/mol. The zero-order valence-corrected chi connectivity index (χ0v) is 28.4. The molecule has 0 bridgehead atoms. The molecular weight excluding hydrogens is 633 g/mol. The van der Waals surface area contributed by atoms with Crippen LogP contribution in [0.2, 0.25) is 0 Å². The Labute approximate surface area is 302 Å². The van der Waals surface area contributed by atoms with Crippen LogP contribution in [0.3, 0.4) is 0 Å². The molecule has 8 aromatic rings. The fourth-order valence-electron chi connectivity index (χ4n) is 7.68. The van der Waals surface area contributed by atoms with Gasteiger partial charge in [0.05, 0.1) is 40.0 Å². The molecule has 4 heteroatoms. The van der Waals surface area contributed by atoms with E-state index in [1.165, 1.54) is 0 Å². The highest BCUT2D eigenvalue weighted by Gasteiger charge is 2.22. The number of fused-ring (bicyclic) bond motifs is 3. The van der Waals surface area contributed by atoms with Gasteiger partial charge >= 0.3 is 0 Å². The molecule has 0 N–H and O–H groups in total. The van der Waals surface area contributed by atoms with Crippen LogP contribution in [0.4, 0.5) is 0 Å². The Kier molecular flexibility index (Phi) is 8.02. The maximum absolute atomic E-state index is 10.6. The van der Waals surface area contributed by atoms with Crippen LogP contribution >= 0.6 is 0 Å². The van der Waals surface area contributed by atoms with Crippen LogP contribution in [0.5, 0.6) is 0 Å². The third-order valence-electron chi connectivity index (χ3n) is 9.87. The summed E-state index contributed by atoms with van der Waals surface area (Å²) in [5.74, 6) is 0. The Balaban J connectivity index is 1.34. The highest BCUT2D eigenvalue weighted by molar-refractivity contribution is 6.21. The summed E-state index contributed by atoms with van der Waals surface area (Å²) in [6, 6.07) is 51.7. The quantitative estimate of drug-likeness (QED) is 0.131. The third-order valence-corrected chi connectivity index (χ3v) is 9.87. The van der Waals surface area contributed by atoms with E-state index < -0.39 is 0 Å². The lowest BCUT2D eigenvalue weighted by molar-refractivity contribution is 1.04. The predicted molar refractivity (Wildman–Crippen MR) is 213 cm³/mol. The molecule has 0 unspecified atom stereocenters. The first kappa shape index (κ1) is 31.8. The number of nitrogens with zero attached hydrogens (tertiary/aromatic N) is 4. The maximum Gasteiger partial charge on any atom is 0.101 e. The number of allylic oxidation sites excluding steroid dienone is 2. The van der Waals surface area contributed by atoms with Crippen LogP contribution in [0.15, 0.2) is 152 Å². The zero-order chi connectivity index (χ0) is 35.8. The van der Waals surface area contributed by atoms with Gasteiger partial charge in [-0.25, -0.2) is 0 Å². The molecule has 0 atom stereocenters. The normalized spacial score (nSPS) is 11.1. The van der Waals surface area contributed by atoms with Crippen molar-refractivity contribution < 1.29 is 0 Å². The molecule has 1 aromatic heterocycles. The van der Waals surface area contributed by atoms with E-state index in [-0.39, 0.29) is 0 Å². The SMILES string of the molecule is C=C/C=C\c1c(C)n(-c2ccc(-c3c(C#N)cc(-c4c5ccccc5c(-c5ccccc5)c5ccccc45)cc3C#N)cc2C#N)c2ccccc12. The third kappa shape index (κ3) is 5.05. The molecule has 52 heavy (non-hydrogen) atoms. The van der Waals surface area contributed by atoms with Crippen molar-refractivity contribution in [3.05, 3.63) is 180 Å². The molecule has 1 heterocycles. The van der Waals surface area contributed by atoms with Gasteiger partial charge in [0.15, 0.2) is 0 Å². The van der Waals surface area contributed by atoms with Crippen molar-refractivity contribution in [3.8, 4) is 57.3 Å². The van der Waals surface area contributed by atoms with Gasteiger partial charge in [0.1, 0.15) is 6.07 Å². The van der Waals surface area contributed by atoms with Crippen molar-refractivity contribution >= 4 is 38.5 Å². The van der Waals surface area contributed by atoms with Gasteiger partial charge in [-0.05, 0) is 86.6 Å². The van der Waals surface area contributed by atoms with Crippen LogP contribution < -0.4 is 0 Å². The first-order valence-electron chi connectivity index (χ1n) is 17.0. The summed E-state index contributed by atoms with van der Waals surface area (Å²) in [6.07, 6.45) is 5.69. The van der Waals surface area contributed by atoms with Crippen molar-refractivity contribution in [2.75, 3.05) is 0 Å². The molecule has 242 valence electrons. The van der Waals surface area contributed by atoms with Gasteiger partial charge in [0, 0.05) is 22.2 Å². The number of aromatic nitrogens is 1. The van der Waals surface area contributed by atoms with Crippen molar-refractivity contribution in [3.63, 3.8) is 0 Å². The number of hydrogen-bond acceptors (Lipinski definition) is 3. The molecule has 0 saturated heterocycles. The van der Waals surface area contributed by atoms with E-state index in [0.29, 0.717) is 27.8 Å². The van der Waals surface area contributed by atoms with Gasteiger partial charge in [-0.2, -0.15) is 15.8 Å². The first-order valence-corrected chi connectivity index (χ1v) is 17.0. The average molecular weight is 663 g/mol. The van der Waals surface area contributed by atoms with E-state index in [0.717, 1.165) is 71.6 Å². The van der Waals surface area contributed by atoms with E-state index in [1.54, 1.807) is 12.1 Å². The van der Waals surface area contributed by atoms with Crippen molar-refractivity contribution in [2.24, 2.45) is 0 Å². The van der Waals surface area contributed by atoms with E-state index in [1.807, 2.05) is 91.9 Å². The summed E-state index contributed by atoms with van der Waals surface area (Å²) in [6.45, 7) is 5.87. The van der Waals surface area contributed by atoms with Gasteiger partial charge in [-0.15, -0.1) is 0 Å². The molecule has 0 fully saturated rings. The highest BCUT2D eigenvalue weighted by atomic mass is 15.0. The highest BCUT2D eigenvalue weighted by Crippen LogP contribution is 2.45. The molecular formula is C48H30N4. The van der Waals surface area contributed by atoms with E-state index >= 15 is 0 Å². The lowest BCUT2D eigenvalue weighted by Crippen LogP contribution is -2.01. The van der Waals surface area contributed by atoms with Gasteiger partial charge in [-0.3, -0.25) is 0 Å². The van der Waals surface area contributed by atoms with Gasteiger partial charge in [0.25, 0.3) is 0 Å². The summed E-state index contributed by atoms with van der Waals surface area (Å²) in [7, 11) is 0. The van der Waals surface area contributed by atoms with Crippen LogP contribution in [-0.2, 0) is 0 Å². The van der Waals surface area contributed by atoms with Crippen LogP contribution in [0.25, 0.3) is 77.6 Å². The molecule has 7 aromatic carbocycles. The second-order valence-electron chi connectivity index (χ2n) is 12.7. The molecule has 8 rings (SSSR count). The number of nitriles is 3. The summed E-state index contributed by atoms with van der Waals surface area (Å²) in [4.78, 5) is 0. The molecule has 0 saturated carbocycles. The van der Waals surface area contributed by atoms with E-state index in [4.69, 9.17) is 0 Å². The van der Waals surface area contributed by atoms with Crippen molar-refractivity contribution in [2.45, 2.75) is 6.92 Å². The smallest absolute Gasteiger partial charge is 0.101 e. The molecule has 0 aliphatic rings. The molecule has 0 aliphatic heterocycles. The second kappa shape index (κ2) is 13.1. The van der Waals surface area contributed by atoms with Gasteiger partial charge < -0.3 is 4.57 Å². The molecule has 0 radical (unpaired) electrons. The fraction of sp³-hybridized carbons (Fsp3) is 0.0208. The topological polar surface area (TPSA) is 76.3 Å². The van der Waals surface area contributed by atoms with Crippen LogP contribution in [0.1, 0.15) is 27.9 Å². The molecule has 0 amide bonds. The minimum absolute atomic E-state index is 0.366. The molecule has 0 spiro atoms. The number of para-hydroxylation sites is 1. The number of benzene rings is 7. The van der Waals surface area contributed by atoms with Crippen molar-refractivity contribution in [1.29, 1.82) is 15.8 Å². The maximum atomic E-state index is 10.6. The summed E-state index contributed by atoms with van der Waals surface area (Å²) in [5.41, 5.74) is 10.1. The Bertz CT molecular complexity index is 2810. The lowest BCUT2D eigenvalue weighted by atomic mass is 9.84. The summed E-state index contributed by atoms with van der Waals surface area (Å²) in [5, 5.41) is 37.1. The Morgan fingerprint density at radius 1 is 0.519 bits per heavy atom. The molecule has 4 nitrogen and oxygen atoms in total. The molecule has 0 aliphatic carbocycles. The Hall–Kier alpha value is -7.45. The van der Waals surface area contributed by atoms with E-state index in [9.17, 15) is 15.8 Å². The van der Waals surface area contributed by atoms with Crippen LogP contribution in [-0.4, -0.2) is 4.57 Å². The summed E-state index contributed by atoms with van der Waals surface area (Å²) < 4.78 is 2.09. The van der Waals surface area contributed by atoms with E-state index in [2.05, 4.69) is 84.0 Å². The Morgan fingerprint density at radius 2 is 1.02 bits per heavy atom. The predicted octanol–water partition coefficient (Wildman–Crippen LogP) is 12.1. The second-order valence-corrected chi connectivity index (χ2v) is 12.7. The average Bonchev–Trinajstić information content (AvgIpc) is 3.48. The zero-order valence-electron chi connectivity index (χ0n) is 28.4. The first-order chi connectivity index (χ1) is 25.6. The van der Waals surface area contributed by atoms with Gasteiger partial charge in [-0.1, -0.05) is 128 Å². The summed E-state index contributed by atoms with van der Waals surface area (Å²) >= 11 is 0. The fourth-order valence-corrected chi connectivity index (χ4v) is 7.68. The van der Waals surface area contributed by atoms with Crippen molar-refractivity contribution in [1.82, 2.24) is 4.57 Å². The standard InChI is InChI=1S/C48H30N4/c1-3-4-16-38-31(2)52(45-22-13-12-17-39(38)45)44-24-23-33(25-35(44)28-49)46-36(29-50)26-34(27-37(46)30-51)48-42-20-10-8-18-40(42)47(32-14-6-5-7-15-32)41-19-9-11-21-43(41)48/h3-27H,1H2,2H3/b16-4-. The largest absolute Gasteiger partial charge is 0.312 e. The minimum Gasteiger partial charge on any atom is -0.312 e.